The van der Waals surface area contributed by atoms with Crippen molar-refractivity contribution in [1.29, 1.82) is 0 Å². The van der Waals surface area contributed by atoms with E-state index in [0.717, 1.165) is 4.47 Å². The fourth-order valence-corrected chi connectivity index (χ4v) is 3.96. The van der Waals surface area contributed by atoms with Crippen molar-refractivity contribution in [3.05, 3.63) is 41.4 Å². The molecule has 0 aliphatic rings. The topological polar surface area (TPSA) is 37.4 Å². The summed E-state index contributed by atoms with van der Waals surface area (Å²) in [4.78, 5) is 0.286. The maximum atomic E-state index is 12.6. The van der Waals surface area contributed by atoms with Crippen LogP contribution in [0.25, 0.3) is 0 Å². The highest BCUT2D eigenvalue weighted by Gasteiger charge is 2.32. The van der Waals surface area contributed by atoms with Crippen molar-refractivity contribution in [3.63, 3.8) is 0 Å². The van der Waals surface area contributed by atoms with Crippen LogP contribution in [0.4, 0.5) is 0 Å². The second-order valence-electron chi connectivity index (χ2n) is 4.95. The van der Waals surface area contributed by atoms with Gasteiger partial charge >= 0.3 is 0 Å². The van der Waals surface area contributed by atoms with Crippen molar-refractivity contribution in [1.82, 2.24) is 4.31 Å². The fourth-order valence-electron chi connectivity index (χ4n) is 1.60. The highest BCUT2D eigenvalue weighted by molar-refractivity contribution is 9.10. The Morgan fingerprint density at radius 3 is 2.44 bits per heavy atom. The second kappa shape index (κ2) is 5.55. The maximum absolute atomic E-state index is 12.6. The van der Waals surface area contributed by atoms with Crippen LogP contribution in [-0.2, 0) is 10.0 Å². The van der Waals surface area contributed by atoms with Crippen molar-refractivity contribution < 1.29 is 8.42 Å². The molecule has 0 saturated carbocycles. The Labute approximate surface area is 118 Å². The summed E-state index contributed by atoms with van der Waals surface area (Å²) in [6, 6.07) is 6.72. The van der Waals surface area contributed by atoms with Gasteiger partial charge in [-0.2, -0.15) is 4.31 Å². The molecule has 0 radical (unpaired) electrons. The average molecular weight is 332 g/mol. The monoisotopic (exact) mass is 331 g/mol. The minimum absolute atomic E-state index is 0.286. The third kappa shape index (κ3) is 3.43. The van der Waals surface area contributed by atoms with Gasteiger partial charge in [-0.25, -0.2) is 8.42 Å². The van der Waals surface area contributed by atoms with E-state index in [1.165, 1.54) is 4.31 Å². The van der Waals surface area contributed by atoms with E-state index in [9.17, 15) is 8.42 Å². The first-order valence-electron chi connectivity index (χ1n) is 5.59. The third-order valence-electron chi connectivity index (χ3n) is 2.43. The van der Waals surface area contributed by atoms with E-state index in [1.807, 2.05) is 20.8 Å². The van der Waals surface area contributed by atoms with Crippen LogP contribution in [0.2, 0.25) is 0 Å². The van der Waals surface area contributed by atoms with E-state index >= 15 is 0 Å². The van der Waals surface area contributed by atoms with Crippen molar-refractivity contribution in [2.24, 2.45) is 0 Å². The Hall–Kier alpha value is -0.650. The zero-order valence-electron chi connectivity index (χ0n) is 10.9. The number of halogens is 1. The summed E-state index contributed by atoms with van der Waals surface area (Å²) < 4.78 is 27.3. The molecule has 0 saturated heterocycles. The molecule has 0 amide bonds. The van der Waals surface area contributed by atoms with Gasteiger partial charge in [-0.1, -0.05) is 28.1 Å². The standard InChI is InChI=1S/C13H18BrNO2S/c1-5-9-15(13(2,3)4)18(16,17)12-8-6-7-11(14)10-12/h5-8,10H,1,9H2,2-4H3. The van der Waals surface area contributed by atoms with Gasteiger partial charge in [0.05, 0.1) is 4.90 Å². The summed E-state index contributed by atoms with van der Waals surface area (Å²) in [5.41, 5.74) is -0.491. The Kier molecular flexibility index (Phi) is 4.75. The van der Waals surface area contributed by atoms with Gasteiger partial charge in [0.25, 0.3) is 0 Å². The predicted molar refractivity (Wildman–Crippen MR) is 78.0 cm³/mol. The van der Waals surface area contributed by atoms with E-state index in [2.05, 4.69) is 22.5 Å². The van der Waals surface area contributed by atoms with Crippen molar-refractivity contribution in [3.8, 4) is 0 Å². The quantitative estimate of drug-likeness (QED) is 0.792. The van der Waals surface area contributed by atoms with Crippen LogP contribution in [0.5, 0.6) is 0 Å². The SMILES string of the molecule is C=CCN(C(C)(C)C)S(=O)(=O)c1cccc(Br)c1. The van der Waals surface area contributed by atoms with Crippen LogP contribution in [0.1, 0.15) is 20.8 Å². The van der Waals surface area contributed by atoms with Gasteiger partial charge in [0.1, 0.15) is 0 Å². The molecule has 0 aliphatic carbocycles. The number of benzene rings is 1. The molecule has 100 valence electrons. The number of rotatable bonds is 4. The molecule has 0 bridgehead atoms. The van der Waals surface area contributed by atoms with Crippen LogP contribution in [-0.4, -0.2) is 24.8 Å². The van der Waals surface area contributed by atoms with E-state index in [1.54, 1.807) is 30.3 Å². The molecular weight excluding hydrogens is 314 g/mol. The Morgan fingerprint density at radius 2 is 2.00 bits per heavy atom. The third-order valence-corrected chi connectivity index (χ3v) is 5.05. The molecule has 0 N–H and O–H groups in total. The van der Waals surface area contributed by atoms with E-state index in [-0.39, 0.29) is 4.90 Å². The molecule has 0 aliphatic heterocycles. The van der Waals surface area contributed by atoms with Crippen molar-refractivity contribution in [2.75, 3.05) is 6.54 Å². The molecule has 18 heavy (non-hydrogen) atoms. The molecular formula is C13H18BrNO2S. The minimum Gasteiger partial charge on any atom is -0.207 e. The van der Waals surface area contributed by atoms with Gasteiger partial charge in [-0.05, 0) is 39.0 Å². The summed E-state index contributed by atoms with van der Waals surface area (Å²) >= 11 is 3.29. The summed E-state index contributed by atoms with van der Waals surface area (Å²) in [6.07, 6.45) is 1.60. The van der Waals surface area contributed by atoms with E-state index in [4.69, 9.17) is 0 Å². The molecule has 0 fully saturated rings. The highest BCUT2D eigenvalue weighted by Crippen LogP contribution is 2.25. The number of nitrogens with zero attached hydrogens (tertiary/aromatic N) is 1. The normalized spacial score (nSPS) is 12.7. The van der Waals surface area contributed by atoms with Crippen molar-refractivity contribution >= 4 is 26.0 Å². The number of hydrogen-bond acceptors (Lipinski definition) is 2. The molecule has 0 heterocycles. The lowest BCUT2D eigenvalue weighted by molar-refractivity contribution is 0.270. The molecule has 1 rings (SSSR count). The van der Waals surface area contributed by atoms with Gasteiger partial charge in [-0.15, -0.1) is 6.58 Å². The van der Waals surface area contributed by atoms with Crippen LogP contribution in [0.3, 0.4) is 0 Å². The zero-order valence-corrected chi connectivity index (χ0v) is 13.3. The first-order valence-corrected chi connectivity index (χ1v) is 7.82. The van der Waals surface area contributed by atoms with Crippen LogP contribution in [0.15, 0.2) is 46.3 Å². The Bertz CT molecular complexity index is 532. The van der Waals surface area contributed by atoms with Gasteiger partial charge < -0.3 is 0 Å². The second-order valence-corrected chi connectivity index (χ2v) is 7.73. The molecule has 1 aromatic rings. The lowest BCUT2D eigenvalue weighted by Gasteiger charge is -2.33. The predicted octanol–water partition coefficient (Wildman–Crippen LogP) is 3.42. The summed E-state index contributed by atoms with van der Waals surface area (Å²) in [5, 5.41) is 0. The lowest BCUT2D eigenvalue weighted by atomic mass is 10.1. The first kappa shape index (κ1) is 15.4. The van der Waals surface area contributed by atoms with Gasteiger partial charge in [0.2, 0.25) is 10.0 Å². The maximum Gasteiger partial charge on any atom is 0.243 e. The average Bonchev–Trinajstić information content (AvgIpc) is 2.24. The van der Waals surface area contributed by atoms with Gasteiger partial charge in [-0.3, -0.25) is 0 Å². The molecule has 1 aromatic carbocycles. The van der Waals surface area contributed by atoms with Gasteiger partial charge in [0, 0.05) is 16.6 Å². The largest absolute Gasteiger partial charge is 0.243 e. The fraction of sp³-hybridized carbons (Fsp3) is 0.385. The molecule has 0 spiro atoms. The summed E-state index contributed by atoms with van der Waals surface area (Å²) in [7, 11) is -3.51. The molecule has 0 aromatic heterocycles. The molecule has 0 atom stereocenters. The smallest absolute Gasteiger partial charge is 0.207 e. The minimum atomic E-state index is -3.51. The number of sulfonamides is 1. The Balaban J connectivity index is 3.30. The van der Waals surface area contributed by atoms with Gasteiger partial charge in [0.15, 0.2) is 0 Å². The summed E-state index contributed by atoms with van der Waals surface area (Å²) in [6.45, 7) is 9.51. The lowest BCUT2D eigenvalue weighted by Crippen LogP contribution is -2.45. The van der Waals surface area contributed by atoms with Crippen LogP contribution >= 0.6 is 15.9 Å². The first-order chi connectivity index (χ1) is 8.19. The molecule has 0 unspecified atom stereocenters. The van der Waals surface area contributed by atoms with Crippen LogP contribution < -0.4 is 0 Å². The Morgan fingerprint density at radius 1 is 1.39 bits per heavy atom. The van der Waals surface area contributed by atoms with Crippen LogP contribution in [0, 0.1) is 0 Å². The number of hydrogen-bond donors (Lipinski definition) is 0. The van der Waals surface area contributed by atoms with E-state index in [0.29, 0.717) is 6.54 Å². The zero-order chi connectivity index (χ0) is 14.0. The van der Waals surface area contributed by atoms with Crippen molar-refractivity contribution in [2.45, 2.75) is 31.2 Å². The molecule has 3 nitrogen and oxygen atoms in total. The summed E-state index contributed by atoms with van der Waals surface area (Å²) in [5.74, 6) is 0. The van der Waals surface area contributed by atoms with E-state index < -0.39 is 15.6 Å². The highest BCUT2D eigenvalue weighted by atomic mass is 79.9. The molecule has 5 heteroatoms.